The number of aromatic nitrogens is 1. The molecule has 2 aromatic rings. The van der Waals surface area contributed by atoms with Crippen LogP contribution in [0.4, 0.5) is 0 Å². The summed E-state index contributed by atoms with van der Waals surface area (Å²) in [5.41, 5.74) is 2.14. The van der Waals surface area contributed by atoms with Crippen molar-refractivity contribution >= 4 is 41.5 Å². The highest BCUT2D eigenvalue weighted by molar-refractivity contribution is 14.0. The largest absolute Gasteiger partial charge is 0.364 e. The van der Waals surface area contributed by atoms with Crippen LogP contribution in [0.3, 0.4) is 0 Å². The van der Waals surface area contributed by atoms with Gasteiger partial charge in [-0.1, -0.05) is 35.0 Å². The number of nitrogens with zero attached hydrogens (tertiary/aromatic N) is 4. The average molecular weight is 490 g/mol. The number of nitrogens with one attached hydrogen (secondary N) is 1. The summed E-state index contributed by atoms with van der Waals surface area (Å²) in [5.74, 6) is 0.952. The van der Waals surface area contributed by atoms with Gasteiger partial charge in [0.1, 0.15) is 6.26 Å². The third-order valence-corrected chi connectivity index (χ3v) is 4.76. The molecule has 1 fully saturated rings. The standard InChI is InChI=1S/C18H24ClN5O.HI/c1-20-18(21-8-6-15-4-2-3-5-17(15)19)24-11-9-23(10-12-24)14-16-7-13-25-22-16;/h2-5,7,13H,6,8-12,14H2,1H3,(H,20,21);1H. The molecule has 142 valence electrons. The van der Waals surface area contributed by atoms with Crippen molar-refractivity contribution in [2.24, 2.45) is 4.99 Å². The number of rotatable bonds is 5. The van der Waals surface area contributed by atoms with E-state index in [1.54, 1.807) is 6.26 Å². The Morgan fingerprint density at radius 3 is 2.65 bits per heavy atom. The van der Waals surface area contributed by atoms with E-state index in [9.17, 15) is 0 Å². The van der Waals surface area contributed by atoms with Gasteiger partial charge in [-0.15, -0.1) is 24.0 Å². The van der Waals surface area contributed by atoms with Crippen molar-refractivity contribution in [3.63, 3.8) is 0 Å². The average Bonchev–Trinajstić information content (AvgIpc) is 3.14. The second-order valence-corrected chi connectivity index (χ2v) is 6.48. The van der Waals surface area contributed by atoms with E-state index in [0.717, 1.165) is 67.9 Å². The molecule has 1 aromatic carbocycles. The molecule has 0 bridgehead atoms. The number of hydrogen-bond donors (Lipinski definition) is 1. The van der Waals surface area contributed by atoms with Crippen LogP contribution < -0.4 is 5.32 Å². The predicted molar refractivity (Wildman–Crippen MR) is 115 cm³/mol. The smallest absolute Gasteiger partial charge is 0.193 e. The second kappa shape index (κ2) is 10.7. The minimum Gasteiger partial charge on any atom is -0.364 e. The van der Waals surface area contributed by atoms with Crippen LogP contribution in [0.25, 0.3) is 0 Å². The molecule has 1 aliphatic rings. The zero-order valence-electron chi connectivity index (χ0n) is 14.9. The van der Waals surface area contributed by atoms with Crippen molar-refractivity contribution in [3.05, 3.63) is 52.9 Å². The van der Waals surface area contributed by atoms with Crippen LogP contribution in [-0.2, 0) is 13.0 Å². The quantitative estimate of drug-likeness (QED) is 0.398. The van der Waals surface area contributed by atoms with Crippen molar-refractivity contribution in [1.29, 1.82) is 0 Å². The summed E-state index contributed by atoms with van der Waals surface area (Å²) in [6, 6.07) is 9.89. The Labute approximate surface area is 176 Å². The van der Waals surface area contributed by atoms with Crippen LogP contribution >= 0.6 is 35.6 Å². The molecule has 6 nitrogen and oxygen atoms in total. The minimum atomic E-state index is 0. The van der Waals surface area contributed by atoms with Crippen molar-refractivity contribution in [2.45, 2.75) is 13.0 Å². The molecule has 0 unspecified atom stereocenters. The molecule has 8 heteroatoms. The normalized spacial score (nSPS) is 15.6. The lowest BCUT2D eigenvalue weighted by atomic mass is 10.1. The molecular weight excluding hydrogens is 465 g/mol. The molecule has 2 heterocycles. The molecule has 0 aliphatic carbocycles. The zero-order valence-corrected chi connectivity index (χ0v) is 18.0. The third-order valence-electron chi connectivity index (χ3n) is 4.40. The Balaban J connectivity index is 0.00000243. The molecule has 3 rings (SSSR count). The Morgan fingerprint density at radius 2 is 2.00 bits per heavy atom. The molecule has 26 heavy (non-hydrogen) atoms. The summed E-state index contributed by atoms with van der Waals surface area (Å²) in [6.07, 6.45) is 2.50. The van der Waals surface area contributed by atoms with Crippen molar-refractivity contribution in [1.82, 2.24) is 20.3 Å². The second-order valence-electron chi connectivity index (χ2n) is 6.07. The fourth-order valence-corrected chi connectivity index (χ4v) is 3.24. The number of guanidine groups is 1. The summed E-state index contributed by atoms with van der Waals surface area (Å²) >= 11 is 6.21. The topological polar surface area (TPSA) is 56.9 Å². The number of halogens is 2. The Hall–Kier alpha value is -1.32. The molecule has 1 N–H and O–H groups in total. The first kappa shape index (κ1) is 21.0. The van der Waals surface area contributed by atoms with E-state index in [0.29, 0.717) is 0 Å². The number of aliphatic imine (C=N–C) groups is 1. The van der Waals surface area contributed by atoms with Gasteiger partial charge in [-0.05, 0) is 18.1 Å². The highest BCUT2D eigenvalue weighted by Crippen LogP contribution is 2.15. The van der Waals surface area contributed by atoms with Gasteiger partial charge in [-0.3, -0.25) is 9.89 Å². The fraction of sp³-hybridized carbons (Fsp3) is 0.444. The first-order valence-corrected chi connectivity index (χ1v) is 8.94. The maximum absolute atomic E-state index is 6.21. The Morgan fingerprint density at radius 1 is 1.23 bits per heavy atom. The van der Waals surface area contributed by atoms with Crippen molar-refractivity contribution in [2.75, 3.05) is 39.8 Å². The molecule has 0 radical (unpaired) electrons. The van der Waals surface area contributed by atoms with Gasteiger partial charge in [0.05, 0.1) is 5.69 Å². The maximum atomic E-state index is 6.21. The zero-order chi connectivity index (χ0) is 17.5. The van der Waals surface area contributed by atoms with Crippen molar-refractivity contribution in [3.8, 4) is 0 Å². The van der Waals surface area contributed by atoms with E-state index in [1.807, 2.05) is 31.3 Å². The predicted octanol–water partition coefficient (Wildman–Crippen LogP) is 2.88. The van der Waals surface area contributed by atoms with E-state index >= 15 is 0 Å². The van der Waals surface area contributed by atoms with Gasteiger partial charge in [0.2, 0.25) is 0 Å². The first-order valence-electron chi connectivity index (χ1n) is 8.57. The summed E-state index contributed by atoms with van der Waals surface area (Å²) in [7, 11) is 1.83. The van der Waals surface area contributed by atoms with Crippen LogP contribution in [0.2, 0.25) is 5.02 Å². The van der Waals surface area contributed by atoms with Gasteiger partial charge >= 0.3 is 0 Å². The van der Waals surface area contributed by atoms with Crippen LogP contribution in [0.5, 0.6) is 0 Å². The molecule has 1 aromatic heterocycles. The maximum Gasteiger partial charge on any atom is 0.193 e. The van der Waals surface area contributed by atoms with Crippen LogP contribution in [-0.4, -0.2) is 60.7 Å². The lowest BCUT2D eigenvalue weighted by Gasteiger charge is -2.36. The fourth-order valence-electron chi connectivity index (χ4n) is 3.01. The van der Waals surface area contributed by atoms with E-state index in [2.05, 4.69) is 31.3 Å². The summed E-state index contributed by atoms with van der Waals surface area (Å²) in [6.45, 7) is 5.52. The summed E-state index contributed by atoms with van der Waals surface area (Å²) in [4.78, 5) is 9.10. The van der Waals surface area contributed by atoms with Gasteiger partial charge in [-0.25, -0.2) is 0 Å². The molecule has 0 atom stereocenters. The van der Waals surface area contributed by atoms with Crippen LogP contribution in [0, 0.1) is 0 Å². The van der Waals surface area contributed by atoms with Crippen molar-refractivity contribution < 1.29 is 4.52 Å². The van der Waals surface area contributed by atoms with Gasteiger partial charge in [0.15, 0.2) is 5.96 Å². The van der Waals surface area contributed by atoms with Crippen LogP contribution in [0.15, 0.2) is 46.1 Å². The molecule has 0 amide bonds. The minimum absolute atomic E-state index is 0. The van der Waals surface area contributed by atoms with E-state index < -0.39 is 0 Å². The van der Waals surface area contributed by atoms with Gasteiger partial charge < -0.3 is 14.7 Å². The number of hydrogen-bond acceptors (Lipinski definition) is 4. The van der Waals surface area contributed by atoms with E-state index in [4.69, 9.17) is 16.1 Å². The van der Waals surface area contributed by atoms with E-state index in [1.165, 1.54) is 0 Å². The molecule has 0 saturated carbocycles. The lowest BCUT2D eigenvalue weighted by molar-refractivity contribution is 0.169. The van der Waals surface area contributed by atoms with Gasteiger partial charge in [0.25, 0.3) is 0 Å². The van der Waals surface area contributed by atoms with Gasteiger partial charge in [-0.2, -0.15) is 0 Å². The Kier molecular flexibility index (Phi) is 8.67. The first-order chi connectivity index (χ1) is 12.3. The monoisotopic (exact) mass is 489 g/mol. The summed E-state index contributed by atoms with van der Waals surface area (Å²) in [5, 5.41) is 8.25. The highest BCUT2D eigenvalue weighted by atomic mass is 127. The number of benzene rings is 1. The summed E-state index contributed by atoms with van der Waals surface area (Å²) < 4.78 is 4.90. The number of piperazine rings is 1. The third kappa shape index (κ3) is 5.85. The molecule has 1 saturated heterocycles. The highest BCUT2D eigenvalue weighted by Gasteiger charge is 2.20. The van der Waals surface area contributed by atoms with E-state index in [-0.39, 0.29) is 24.0 Å². The molecule has 1 aliphatic heterocycles. The van der Waals surface area contributed by atoms with Gasteiger partial charge in [0, 0.05) is 57.4 Å². The Bertz CT molecular complexity index is 687. The molecule has 0 spiro atoms. The molecular formula is C18H25ClIN5O. The SMILES string of the molecule is CN=C(NCCc1ccccc1Cl)N1CCN(Cc2ccon2)CC1.I. The lowest BCUT2D eigenvalue weighted by Crippen LogP contribution is -2.52. The van der Waals surface area contributed by atoms with Crippen LogP contribution in [0.1, 0.15) is 11.3 Å².